The van der Waals surface area contributed by atoms with Crippen LogP contribution < -0.4 is 0 Å². The zero-order valence-corrected chi connectivity index (χ0v) is 7.58. The molecule has 0 saturated carbocycles. The number of benzene rings is 1. The Morgan fingerprint density at radius 2 is 1.82 bits per heavy atom. The van der Waals surface area contributed by atoms with Crippen LogP contribution in [0.25, 0.3) is 0 Å². The summed E-state index contributed by atoms with van der Waals surface area (Å²) in [7, 11) is 0. The Bertz CT molecular complexity index is 271. The first kappa shape index (κ1) is 8.65. The smallest absolute Gasteiger partial charge is 0.159 e. The predicted molar refractivity (Wildman–Crippen MR) is 43.7 cm³/mol. The summed E-state index contributed by atoms with van der Waals surface area (Å²) in [4.78, 5) is 0. The Morgan fingerprint density at radius 1 is 1.27 bits per heavy atom. The van der Waals surface area contributed by atoms with Crippen molar-refractivity contribution in [2.45, 2.75) is 12.3 Å². The van der Waals surface area contributed by atoms with Crippen LogP contribution in [0.4, 0.5) is 8.78 Å². The Hall–Kier alpha value is -0.440. The Balaban J connectivity index is 3.21. The van der Waals surface area contributed by atoms with Crippen molar-refractivity contribution in [3.63, 3.8) is 0 Å². The van der Waals surface area contributed by atoms with Crippen molar-refractivity contribution in [3.05, 3.63) is 34.9 Å². The fourth-order valence-corrected chi connectivity index (χ4v) is 1.44. The fraction of sp³-hybridized carbons (Fsp3) is 0.250. The molecule has 1 rings (SSSR count). The van der Waals surface area contributed by atoms with Crippen LogP contribution in [0, 0.1) is 18.6 Å². The molecular formula is C8H7BrF2. The van der Waals surface area contributed by atoms with Crippen LogP contribution in [0.1, 0.15) is 11.1 Å². The SMILES string of the molecule is Cc1cc(F)c(F)cc1CBr. The van der Waals surface area contributed by atoms with Gasteiger partial charge in [-0.2, -0.15) is 0 Å². The largest absolute Gasteiger partial charge is 0.204 e. The summed E-state index contributed by atoms with van der Waals surface area (Å²) in [6.07, 6.45) is 0. The lowest BCUT2D eigenvalue weighted by molar-refractivity contribution is 0.506. The van der Waals surface area contributed by atoms with Gasteiger partial charge in [0.25, 0.3) is 0 Å². The van der Waals surface area contributed by atoms with Crippen molar-refractivity contribution < 1.29 is 8.78 Å². The lowest BCUT2D eigenvalue weighted by atomic mass is 10.1. The lowest BCUT2D eigenvalue weighted by Gasteiger charge is -2.01. The monoisotopic (exact) mass is 220 g/mol. The lowest BCUT2D eigenvalue weighted by Crippen LogP contribution is -1.90. The average Bonchev–Trinajstić information content (AvgIpc) is 1.97. The van der Waals surface area contributed by atoms with E-state index in [-0.39, 0.29) is 0 Å². The molecule has 0 radical (unpaired) electrons. The molecule has 1 aromatic rings. The van der Waals surface area contributed by atoms with Crippen molar-refractivity contribution in [3.8, 4) is 0 Å². The van der Waals surface area contributed by atoms with Crippen LogP contribution in [-0.2, 0) is 5.33 Å². The van der Waals surface area contributed by atoms with Crippen LogP contribution >= 0.6 is 15.9 Å². The highest BCUT2D eigenvalue weighted by Gasteiger charge is 2.04. The van der Waals surface area contributed by atoms with E-state index in [4.69, 9.17) is 0 Å². The molecule has 0 unspecified atom stereocenters. The first-order valence-electron chi connectivity index (χ1n) is 3.15. The molecular weight excluding hydrogens is 214 g/mol. The van der Waals surface area contributed by atoms with Gasteiger partial charge in [0, 0.05) is 5.33 Å². The highest BCUT2D eigenvalue weighted by Crippen LogP contribution is 2.16. The number of hydrogen-bond donors (Lipinski definition) is 0. The molecule has 0 fully saturated rings. The molecule has 0 aromatic heterocycles. The highest BCUT2D eigenvalue weighted by atomic mass is 79.9. The van der Waals surface area contributed by atoms with Gasteiger partial charge in [0.05, 0.1) is 0 Å². The van der Waals surface area contributed by atoms with Crippen molar-refractivity contribution >= 4 is 15.9 Å². The van der Waals surface area contributed by atoms with Crippen molar-refractivity contribution in [2.75, 3.05) is 0 Å². The Labute approximate surface area is 72.4 Å². The van der Waals surface area contributed by atoms with Crippen LogP contribution in [-0.4, -0.2) is 0 Å². The summed E-state index contributed by atoms with van der Waals surface area (Å²) < 4.78 is 25.1. The molecule has 0 N–H and O–H groups in total. The number of alkyl halides is 1. The van der Waals surface area contributed by atoms with E-state index in [1.165, 1.54) is 12.1 Å². The summed E-state index contributed by atoms with van der Waals surface area (Å²) in [5.41, 5.74) is 1.55. The first-order valence-corrected chi connectivity index (χ1v) is 4.27. The Morgan fingerprint density at radius 3 is 2.36 bits per heavy atom. The minimum Gasteiger partial charge on any atom is -0.204 e. The van der Waals surface area contributed by atoms with Crippen molar-refractivity contribution in [2.24, 2.45) is 0 Å². The number of hydrogen-bond acceptors (Lipinski definition) is 0. The van der Waals surface area contributed by atoms with E-state index in [9.17, 15) is 8.78 Å². The van der Waals surface area contributed by atoms with Crippen LogP contribution in [0.2, 0.25) is 0 Å². The molecule has 0 spiro atoms. The van der Waals surface area contributed by atoms with E-state index in [0.29, 0.717) is 5.33 Å². The minimum absolute atomic E-state index is 0.552. The fourth-order valence-electron chi connectivity index (χ4n) is 0.831. The molecule has 0 amide bonds. The van der Waals surface area contributed by atoms with E-state index < -0.39 is 11.6 Å². The third-order valence-corrected chi connectivity index (χ3v) is 2.13. The maximum Gasteiger partial charge on any atom is 0.159 e. The molecule has 0 aliphatic heterocycles. The summed E-state index contributed by atoms with van der Waals surface area (Å²) in [6.45, 7) is 1.75. The van der Waals surface area contributed by atoms with Gasteiger partial charge in [-0.25, -0.2) is 8.78 Å². The summed E-state index contributed by atoms with van der Waals surface area (Å²) in [5, 5.41) is 0.552. The summed E-state index contributed by atoms with van der Waals surface area (Å²) in [5.74, 6) is -1.57. The van der Waals surface area contributed by atoms with E-state index in [2.05, 4.69) is 15.9 Å². The topological polar surface area (TPSA) is 0 Å². The molecule has 0 saturated heterocycles. The maximum atomic E-state index is 12.6. The molecule has 60 valence electrons. The Kier molecular flexibility index (Phi) is 2.60. The average molecular weight is 221 g/mol. The van der Waals surface area contributed by atoms with E-state index >= 15 is 0 Å². The van der Waals surface area contributed by atoms with E-state index in [1.54, 1.807) is 6.92 Å². The van der Waals surface area contributed by atoms with Crippen LogP contribution in [0.3, 0.4) is 0 Å². The third-order valence-electron chi connectivity index (χ3n) is 1.52. The molecule has 0 bridgehead atoms. The first-order chi connectivity index (χ1) is 5.15. The standard InChI is InChI=1S/C8H7BrF2/c1-5-2-7(10)8(11)3-6(5)4-9/h2-3H,4H2,1H3. The second kappa shape index (κ2) is 3.30. The van der Waals surface area contributed by atoms with Crippen LogP contribution in [0.15, 0.2) is 12.1 Å². The summed E-state index contributed by atoms with van der Waals surface area (Å²) in [6, 6.07) is 2.41. The van der Waals surface area contributed by atoms with Gasteiger partial charge in [-0.15, -0.1) is 0 Å². The number of rotatable bonds is 1. The van der Waals surface area contributed by atoms with Crippen molar-refractivity contribution in [1.82, 2.24) is 0 Å². The molecule has 0 nitrogen and oxygen atoms in total. The normalized spacial score (nSPS) is 10.2. The number of halogens is 3. The maximum absolute atomic E-state index is 12.6. The molecule has 0 heterocycles. The summed E-state index contributed by atoms with van der Waals surface area (Å²) >= 11 is 3.18. The number of aryl methyl sites for hydroxylation is 1. The van der Waals surface area contributed by atoms with Crippen LogP contribution in [0.5, 0.6) is 0 Å². The van der Waals surface area contributed by atoms with E-state index in [1.807, 2.05) is 0 Å². The van der Waals surface area contributed by atoms with Crippen molar-refractivity contribution in [1.29, 1.82) is 0 Å². The minimum atomic E-state index is -0.787. The quantitative estimate of drug-likeness (QED) is 0.639. The second-order valence-electron chi connectivity index (χ2n) is 2.33. The molecule has 0 aliphatic carbocycles. The highest BCUT2D eigenvalue weighted by molar-refractivity contribution is 9.08. The third kappa shape index (κ3) is 1.77. The predicted octanol–water partition coefficient (Wildman–Crippen LogP) is 3.17. The van der Waals surface area contributed by atoms with Gasteiger partial charge < -0.3 is 0 Å². The molecule has 0 atom stereocenters. The zero-order valence-electron chi connectivity index (χ0n) is 6.00. The van der Waals surface area contributed by atoms with Gasteiger partial charge in [0.15, 0.2) is 11.6 Å². The van der Waals surface area contributed by atoms with Gasteiger partial charge in [-0.05, 0) is 30.2 Å². The zero-order chi connectivity index (χ0) is 8.43. The molecule has 1 aromatic carbocycles. The van der Waals surface area contributed by atoms with Gasteiger partial charge in [0.2, 0.25) is 0 Å². The molecule has 11 heavy (non-hydrogen) atoms. The molecule has 3 heteroatoms. The van der Waals surface area contributed by atoms with Gasteiger partial charge >= 0.3 is 0 Å². The second-order valence-corrected chi connectivity index (χ2v) is 2.89. The molecule has 0 aliphatic rings. The van der Waals surface area contributed by atoms with E-state index in [0.717, 1.165) is 11.1 Å². The van der Waals surface area contributed by atoms with Gasteiger partial charge in [-0.3, -0.25) is 0 Å². The van der Waals surface area contributed by atoms with Gasteiger partial charge in [0.1, 0.15) is 0 Å². The van der Waals surface area contributed by atoms with Gasteiger partial charge in [-0.1, -0.05) is 15.9 Å².